The zero-order chi connectivity index (χ0) is 12.5. The topological polar surface area (TPSA) is 83.8 Å². The fourth-order valence-corrected chi connectivity index (χ4v) is 2.14. The molecule has 0 aliphatic heterocycles. The van der Waals surface area contributed by atoms with E-state index in [0.29, 0.717) is 12.4 Å². The van der Waals surface area contributed by atoms with Crippen molar-refractivity contribution in [1.29, 1.82) is 0 Å². The van der Waals surface area contributed by atoms with Crippen molar-refractivity contribution in [2.75, 3.05) is 5.32 Å². The molecule has 0 spiro atoms. The Bertz CT molecular complexity index is 583. The highest BCUT2D eigenvalue weighted by Crippen LogP contribution is 2.19. The number of carbonyl (C=O) groups is 1. The third-order valence-electron chi connectivity index (χ3n) is 3.08. The van der Waals surface area contributed by atoms with Gasteiger partial charge in [-0.2, -0.15) is 0 Å². The van der Waals surface area contributed by atoms with E-state index in [4.69, 9.17) is 5.73 Å². The Morgan fingerprint density at radius 1 is 1.39 bits per heavy atom. The Morgan fingerprint density at radius 2 is 2.22 bits per heavy atom. The first-order valence-corrected chi connectivity index (χ1v) is 5.92. The van der Waals surface area contributed by atoms with Gasteiger partial charge in [-0.25, -0.2) is 4.98 Å². The summed E-state index contributed by atoms with van der Waals surface area (Å²) in [5, 5.41) is 2.78. The Hall–Kier alpha value is -2.14. The van der Waals surface area contributed by atoms with Crippen LogP contribution in [0.3, 0.4) is 0 Å². The molecule has 5 nitrogen and oxygen atoms in total. The molecule has 92 valence electrons. The van der Waals surface area contributed by atoms with E-state index in [1.54, 1.807) is 0 Å². The molecule has 1 aliphatic rings. The minimum absolute atomic E-state index is 0.0172. The second-order valence-electron chi connectivity index (χ2n) is 4.48. The van der Waals surface area contributed by atoms with Gasteiger partial charge in [0.15, 0.2) is 0 Å². The minimum atomic E-state index is -0.159. The summed E-state index contributed by atoms with van der Waals surface area (Å²) in [6.45, 7) is 0. The predicted molar refractivity (Wildman–Crippen MR) is 69.9 cm³/mol. The molecule has 1 heterocycles. The number of nitrogens with zero attached hydrogens (tertiary/aromatic N) is 1. The first-order valence-electron chi connectivity index (χ1n) is 5.92. The van der Waals surface area contributed by atoms with E-state index in [-0.39, 0.29) is 17.9 Å². The van der Waals surface area contributed by atoms with Crippen molar-refractivity contribution in [2.45, 2.75) is 12.5 Å². The van der Waals surface area contributed by atoms with Gasteiger partial charge in [0.25, 0.3) is 0 Å². The number of nitrogens with two attached hydrogens (primary N) is 1. The second-order valence-corrected chi connectivity index (χ2v) is 4.48. The molecule has 18 heavy (non-hydrogen) atoms. The van der Waals surface area contributed by atoms with E-state index in [1.807, 2.05) is 36.4 Å². The maximum atomic E-state index is 12.0. The molecule has 2 atom stereocenters. The van der Waals surface area contributed by atoms with E-state index in [2.05, 4.69) is 15.3 Å². The highest BCUT2D eigenvalue weighted by Gasteiger charge is 2.23. The van der Waals surface area contributed by atoms with Gasteiger partial charge in [0.1, 0.15) is 0 Å². The molecule has 0 radical (unpaired) electrons. The van der Waals surface area contributed by atoms with Gasteiger partial charge >= 0.3 is 0 Å². The summed E-state index contributed by atoms with van der Waals surface area (Å²) in [7, 11) is 0. The van der Waals surface area contributed by atoms with Crippen LogP contribution < -0.4 is 11.1 Å². The first-order chi connectivity index (χ1) is 8.72. The number of hydrogen-bond donors (Lipinski definition) is 3. The summed E-state index contributed by atoms with van der Waals surface area (Å²) in [5.41, 5.74) is 7.48. The third kappa shape index (κ3) is 2.00. The minimum Gasteiger partial charge on any atom is -0.324 e. The molecular weight excluding hydrogens is 228 g/mol. The molecule has 1 amide bonds. The zero-order valence-corrected chi connectivity index (χ0v) is 9.76. The summed E-state index contributed by atoms with van der Waals surface area (Å²) >= 11 is 0. The molecular formula is C13H14N4O. The summed E-state index contributed by atoms with van der Waals surface area (Å²) in [6, 6.07) is 7.63. The van der Waals surface area contributed by atoms with Crippen LogP contribution in [0.25, 0.3) is 11.0 Å². The summed E-state index contributed by atoms with van der Waals surface area (Å²) in [4.78, 5) is 19.3. The van der Waals surface area contributed by atoms with Crippen LogP contribution in [0.4, 0.5) is 5.95 Å². The number of aromatic amines is 1. The number of hydrogen-bond acceptors (Lipinski definition) is 3. The molecule has 5 heteroatoms. The lowest BCUT2D eigenvalue weighted by atomic mass is 10.1. The van der Waals surface area contributed by atoms with Crippen molar-refractivity contribution in [3.63, 3.8) is 0 Å². The monoisotopic (exact) mass is 242 g/mol. The molecule has 1 aliphatic carbocycles. The Morgan fingerprint density at radius 3 is 2.94 bits per heavy atom. The van der Waals surface area contributed by atoms with Crippen LogP contribution in [-0.4, -0.2) is 21.9 Å². The normalized spacial score (nSPS) is 22.5. The number of nitrogens with one attached hydrogen (secondary N) is 2. The van der Waals surface area contributed by atoms with Crippen LogP contribution in [0.1, 0.15) is 6.42 Å². The molecule has 1 aromatic carbocycles. The molecule has 2 unspecified atom stereocenters. The number of amides is 1. The number of benzene rings is 1. The lowest BCUT2D eigenvalue weighted by Crippen LogP contribution is -2.24. The fourth-order valence-electron chi connectivity index (χ4n) is 2.14. The smallest absolute Gasteiger partial charge is 0.233 e. The predicted octanol–water partition coefficient (Wildman–Crippen LogP) is 1.40. The number of fused-ring (bicyclic) bond motifs is 1. The summed E-state index contributed by atoms with van der Waals surface area (Å²) in [6.07, 6.45) is 4.37. The number of carbonyl (C=O) groups excluding carboxylic acids is 1. The van der Waals surface area contributed by atoms with Crippen LogP contribution in [-0.2, 0) is 4.79 Å². The number of imidazole rings is 1. The highest BCUT2D eigenvalue weighted by molar-refractivity contribution is 5.94. The van der Waals surface area contributed by atoms with Crippen molar-refractivity contribution in [3.05, 3.63) is 36.4 Å². The van der Waals surface area contributed by atoms with Crippen molar-refractivity contribution >= 4 is 22.9 Å². The zero-order valence-electron chi connectivity index (χ0n) is 9.76. The number of anilines is 1. The molecule has 0 saturated carbocycles. The van der Waals surface area contributed by atoms with Crippen LogP contribution >= 0.6 is 0 Å². The number of aromatic nitrogens is 2. The molecule has 4 N–H and O–H groups in total. The van der Waals surface area contributed by atoms with Gasteiger partial charge < -0.3 is 10.7 Å². The second kappa shape index (κ2) is 4.27. The van der Waals surface area contributed by atoms with Crippen LogP contribution in [0.15, 0.2) is 36.4 Å². The molecule has 3 rings (SSSR count). The van der Waals surface area contributed by atoms with Gasteiger partial charge in [0, 0.05) is 6.04 Å². The van der Waals surface area contributed by atoms with Gasteiger partial charge in [-0.15, -0.1) is 0 Å². The molecule has 0 fully saturated rings. The Labute approximate surface area is 104 Å². The van der Waals surface area contributed by atoms with Crippen LogP contribution in [0.2, 0.25) is 0 Å². The van der Waals surface area contributed by atoms with Gasteiger partial charge in [0.05, 0.1) is 17.0 Å². The van der Waals surface area contributed by atoms with Gasteiger partial charge in [-0.3, -0.25) is 10.1 Å². The maximum absolute atomic E-state index is 12.0. The first kappa shape index (κ1) is 11.0. The maximum Gasteiger partial charge on any atom is 0.233 e. The van der Waals surface area contributed by atoms with Gasteiger partial charge in [-0.1, -0.05) is 24.3 Å². The largest absolute Gasteiger partial charge is 0.324 e. The Kier molecular flexibility index (Phi) is 2.60. The van der Waals surface area contributed by atoms with Crippen molar-refractivity contribution in [3.8, 4) is 0 Å². The summed E-state index contributed by atoms with van der Waals surface area (Å²) in [5.74, 6) is 0.251. The highest BCUT2D eigenvalue weighted by atomic mass is 16.2. The average Bonchev–Trinajstić information content (AvgIpc) is 2.94. The summed E-state index contributed by atoms with van der Waals surface area (Å²) < 4.78 is 0. The quantitative estimate of drug-likeness (QED) is 0.696. The number of para-hydroxylation sites is 2. The van der Waals surface area contributed by atoms with E-state index < -0.39 is 0 Å². The lowest BCUT2D eigenvalue weighted by Gasteiger charge is -2.08. The van der Waals surface area contributed by atoms with E-state index in [1.165, 1.54) is 0 Å². The molecule has 0 bridgehead atoms. The van der Waals surface area contributed by atoms with Gasteiger partial charge in [-0.05, 0) is 18.6 Å². The Balaban J connectivity index is 1.76. The number of rotatable bonds is 2. The van der Waals surface area contributed by atoms with Gasteiger partial charge in [0.2, 0.25) is 11.9 Å². The molecule has 1 aromatic heterocycles. The number of H-pyrrole nitrogens is 1. The lowest BCUT2D eigenvalue weighted by molar-refractivity contribution is -0.118. The van der Waals surface area contributed by atoms with Crippen LogP contribution in [0, 0.1) is 5.92 Å². The average molecular weight is 242 g/mol. The van der Waals surface area contributed by atoms with Crippen molar-refractivity contribution < 1.29 is 4.79 Å². The SMILES string of the molecule is NC1C=CC(C(=O)Nc2nc3ccccc3[nH]2)C1. The standard InChI is InChI=1S/C13H14N4O/c14-9-6-5-8(7-9)12(18)17-13-15-10-3-1-2-4-11(10)16-13/h1-6,8-9H,7,14H2,(H2,15,16,17,18). The molecule has 0 saturated heterocycles. The van der Waals surface area contributed by atoms with E-state index in [0.717, 1.165) is 11.0 Å². The van der Waals surface area contributed by atoms with Crippen LogP contribution in [0.5, 0.6) is 0 Å². The van der Waals surface area contributed by atoms with Crippen molar-refractivity contribution in [1.82, 2.24) is 9.97 Å². The van der Waals surface area contributed by atoms with E-state index in [9.17, 15) is 4.79 Å². The fraction of sp³-hybridized carbons (Fsp3) is 0.231. The third-order valence-corrected chi connectivity index (χ3v) is 3.08. The van der Waals surface area contributed by atoms with E-state index >= 15 is 0 Å². The van der Waals surface area contributed by atoms with Crippen molar-refractivity contribution in [2.24, 2.45) is 11.7 Å². The molecule has 2 aromatic rings.